The van der Waals surface area contributed by atoms with E-state index in [1.54, 1.807) is 0 Å². The van der Waals surface area contributed by atoms with E-state index in [1.165, 1.54) is 12.0 Å². The molecule has 0 aliphatic heterocycles. The number of carbonyl (C=O) groups is 1. The molecule has 0 bridgehead atoms. The van der Waals surface area contributed by atoms with Crippen molar-refractivity contribution in [2.24, 2.45) is 5.92 Å². The van der Waals surface area contributed by atoms with Crippen LogP contribution in [-0.2, 0) is 16.0 Å². The molecular weight excluding hydrogens is 224 g/mol. The van der Waals surface area contributed by atoms with Crippen molar-refractivity contribution in [2.45, 2.75) is 38.5 Å². The second-order valence-corrected chi connectivity index (χ2v) is 5.05. The molecule has 1 saturated carbocycles. The second kappa shape index (κ2) is 7.32. The van der Waals surface area contributed by atoms with E-state index in [1.807, 2.05) is 6.07 Å². The Morgan fingerprint density at radius 3 is 2.72 bits per heavy atom. The van der Waals surface area contributed by atoms with Gasteiger partial charge in [0.15, 0.2) is 0 Å². The van der Waals surface area contributed by atoms with Gasteiger partial charge >= 0.3 is 0 Å². The van der Waals surface area contributed by atoms with E-state index in [9.17, 15) is 4.79 Å². The molecule has 1 fully saturated rings. The molecule has 1 unspecified atom stereocenters. The summed E-state index contributed by atoms with van der Waals surface area (Å²) in [5.41, 5.74) is 1.31. The predicted octanol–water partition coefficient (Wildman–Crippen LogP) is 3.40. The van der Waals surface area contributed by atoms with Gasteiger partial charge in [0.05, 0.1) is 6.61 Å². The Kier molecular flexibility index (Phi) is 5.40. The Morgan fingerprint density at radius 2 is 1.94 bits per heavy atom. The molecule has 1 aromatic carbocycles. The SMILES string of the molecule is O=C1CCCCC1CCOCCc1ccccc1. The summed E-state index contributed by atoms with van der Waals surface area (Å²) in [7, 11) is 0. The number of hydrogen-bond acceptors (Lipinski definition) is 2. The Hall–Kier alpha value is -1.15. The first-order chi connectivity index (χ1) is 8.86. The lowest BCUT2D eigenvalue weighted by atomic mass is 9.86. The molecule has 0 aromatic heterocycles. The summed E-state index contributed by atoms with van der Waals surface area (Å²) in [5, 5.41) is 0. The molecule has 0 saturated heterocycles. The minimum Gasteiger partial charge on any atom is -0.381 e. The molecule has 0 spiro atoms. The van der Waals surface area contributed by atoms with E-state index in [0.717, 1.165) is 45.3 Å². The molecule has 1 aromatic rings. The smallest absolute Gasteiger partial charge is 0.136 e. The number of ketones is 1. The van der Waals surface area contributed by atoms with Gasteiger partial charge in [0.2, 0.25) is 0 Å². The highest BCUT2D eigenvalue weighted by molar-refractivity contribution is 5.81. The Morgan fingerprint density at radius 1 is 1.11 bits per heavy atom. The van der Waals surface area contributed by atoms with E-state index in [0.29, 0.717) is 5.78 Å². The second-order valence-electron chi connectivity index (χ2n) is 5.05. The molecule has 1 aliphatic rings. The molecule has 2 heteroatoms. The lowest BCUT2D eigenvalue weighted by Crippen LogP contribution is -2.20. The van der Waals surface area contributed by atoms with Gasteiger partial charge in [-0.25, -0.2) is 0 Å². The van der Waals surface area contributed by atoms with Gasteiger partial charge in [0, 0.05) is 18.9 Å². The van der Waals surface area contributed by atoms with Crippen molar-refractivity contribution < 1.29 is 9.53 Å². The van der Waals surface area contributed by atoms with E-state index in [2.05, 4.69) is 24.3 Å². The number of benzene rings is 1. The van der Waals surface area contributed by atoms with Crippen molar-refractivity contribution in [3.8, 4) is 0 Å². The predicted molar refractivity (Wildman–Crippen MR) is 72.5 cm³/mol. The Balaban J connectivity index is 1.57. The van der Waals surface area contributed by atoms with Crippen molar-refractivity contribution in [1.82, 2.24) is 0 Å². The molecule has 0 radical (unpaired) electrons. The van der Waals surface area contributed by atoms with Gasteiger partial charge in [-0.2, -0.15) is 0 Å². The molecule has 2 nitrogen and oxygen atoms in total. The fraction of sp³-hybridized carbons (Fsp3) is 0.562. The Labute approximate surface area is 109 Å². The third kappa shape index (κ3) is 4.26. The van der Waals surface area contributed by atoms with Crippen LogP contribution < -0.4 is 0 Å². The molecule has 98 valence electrons. The normalized spacial score (nSPS) is 20.0. The van der Waals surface area contributed by atoms with Crippen LogP contribution >= 0.6 is 0 Å². The maximum atomic E-state index is 11.6. The molecule has 1 aliphatic carbocycles. The topological polar surface area (TPSA) is 26.3 Å². The highest BCUT2D eigenvalue weighted by Crippen LogP contribution is 2.23. The van der Waals surface area contributed by atoms with Gasteiger partial charge in [-0.1, -0.05) is 36.8 Å². The zero-order valence-electron chi connectivity index (χ0n) is 10.9. The number of rotatable bonds is 6. The van der Waals surface area contributed by atoms with E-state index < -0.39 is 0 Å². The lowest BCUT2D eigenvalue weighted by Gasteiger charge is -2.20. The van der Waals surface area contributed by atoms with Crippen LogP contribution in [0, 0.1) is 5.92 Å². The van der Waals surface area contributed by atoms with Gasteiger partial charge in [0.25, 0.3) is 0 Å². The zero-order valence-corrected chi connectivity index (χ0v) is 10.9. The van der Waals surface area contributed by atoms with Crippen LogP contribution in [0.3, 0.4) is 0 Å². The summed E-state index contributed by atoms with van der Waals surface area (Å²) in [4.78, 5) is 11.6. The van der Waals surface area contributed by atoms with E-state index >= 15 is 0 Å². The fourth-order valence-corrected chi connectivity index (χ4v) is 2.52. The highest BCUT2D eigenvalue weighted by atomic mass is 16.5. The molecule has 2 rings (SSSR count). The van der Waals surface area contributed by atoms with Gasteiger partial charge in [-0.05, 0) is 31.2 Å². The molecule has 1 atom stereocenters. The van der Waals surface area contributed by atoms with Crippen LogP contribution in [0.15, 0.2) is 30.3 Å². The van der Waals surface area contributed by atoms with Gasteiger partial charge in [-0.3, -0.25) is 4.79 Å². The van der Waals surface area contributed by atoms with Gasteiger partial charge < -0.3 is 4.74 Å². The van der Waals surface area contributed by atoms with Crippen molar-refractivity contribution in [3.63, 3.8) is 0 Å². The first-order valence-corrected chi connectivity index (χ1v) is 7.00. The van der Waals surface area contributed by atoms with Crippen LogP contribution in [-0.4, -0.2) is 19.0 Å². The number of carbonyl (C=O) groups excluding carboxylic acids is 1. The van der Waals surface area contributed by atoms with Crippen LogP contribution in [0.1, 0.15) is 37.7 Å². The number of Topliss-reactive ketones (excluding diaryl/α,β-unsaturated/α-hetero) is 1. The van der Waals surface area contributed by atoms with Crippen LogP contribution in [0.4, 0.5) is 0 Å². The highest BCUT2D eigenvalue weighted by Gasteiger charge is 2.21. The van der Waals surface area contributed by atoms with Crippen molar-refractivity contribution in [1.29, 1.82) is 0 Å². The summed E-state index contributed by atoms with van der Waals surface area (Å²) in [5.74, 6) is 0.725. The minimum absolute atomic E-state index is 0.274. The third-order valence-corrected chi connectivity index (χ3v) is 3.67. The summed E-state index contributed by atoms with van der Waals surface area (Å²) < 4.78 is 5.64. The first-order valence-electron chi connectivity index (χ1n) is 7.00. The number of ether oxygens (including phenoxy) is 1. The minimum atomic E-state index is 0.274. The molecular formula is C16H22O2. The van der Waals surface area contributed by atoms with E-state index in [4.69, 9.17) is 4.74 Å². The molecule has 0 heterocycles. The van der Waals surface area contributed by atoms with Crippen molar-refractivity contribution in [2.75, 3.05) is 13.2 Å². The maximum Gasteiger partial charge on any atom is 0.136 e. The largest absolute Gasteiger partial charge is 0.381 e. The monoisotopic (exact) mass is 246 g/mol. The summed E-state index contributed by atoms with van der Waals surface area (Å²) in [6, 6.07) is 10.4. The first kappa shape index (κ1) is 13.3. The standard InChI is InChI=1S/C16H22O2/c17-16-9-5-4-8-15(16)11-13-18-12-10-14-6-2-1-3-7-14/h1-3,6-7,15H,4-5,8-13H2. The summed E-state index contributed by atoms with van der Waals surface area (Å²) in [6.45, 7) is 1.48. The molecule has 18 heavy (non-hydrogen) atoms. The maximum absolute atomic E-state index is 11.6. The Bertz CT molecular complexity index is 359. The quantitative estimate of drug-likeness (QED) is 0.719. The molecule has 0 amide bonds. The fourth-order valence-electron chi connectivity index (χ4n) is 2.52. The van der Waals surface area contributed by atoms with Crippen LogP contribution in [0.25, 0.3) is 0 Å². The summed E-state index contributed by atoms with van der Waals surface area (Å²) in [6.07, 6.45) is 6.02. The number of hydrogen-bond donors (Lipinski definition) is 0. The third-order valence-electron chi connectivity index (χ3n) is 3.67. The lowest BCUT2D eigenvalue weighted by molar-refractivity contribution is -0.125. The van der Waals surface area contributed by atoms with Crippen molar-refractivity contribution in [3.05, 3.63) is 35.9 Å². The van der Waals surface area contributed by atoms with Crippen molar-refractivity contribution >= 4 is 5.78 Å². The summed E-state index contributed by atoms with van der Waals surface area (Å²) >= 11 is 0. The molecule has 0 N–H and O–H groups in total. The average molecular weight is 246 g/mol. The average Bonchev–Trinajstić information content (AvgIpc) is 2.42. The van der Waals surface area contributed by atoms with Gasteiger partial charge in [0.1, 0.15) is 5.78 Å². The van der Waals surface area contributed by atoms with Gasteiger partial charge in [-0.15, -0.1) is 0 Å². The van der Waals surface area contributed by atoms with E-state index in [-0.39, 0.29) is 5.92 Å². The van der Waals surface area contributed by atoms with Crippen LogP contribution in [0.5, 0.6) is 0 Å². The van der Waals surface area contributed by atoms with Crippen LogP contribution in [0.2, 0.25) is 0 Å². The zero-order chi connectivity index (χ0) is 12.6.